The minimum Gasteiger partial charge on any atom is -0.467 e. The van der Waals surface area contributed by atoms with Crippen molar-refractivity contribution in [3.63, 3.8) is 0 Å². The largest absolute Gasteiger partial charge is 0.467 e. The van der Waals surface area contributed by atoms with Gasteiger partial charge in [0, 0.05) is 12.8 Å². The van der Waals surface area contributed by atoms with Gasteiger partial charge in [-0.3, -0.25) is 0 Å². The predicted molar refractivity (Wildman–Crippen MR) is 76.1 cm³/mol. The van der Waals surface area contributed by atoms with Crippen LogP contribution in [0.25, 0.3) is 0 Å². The first-order chi connectivity index (χ1) is 9.21. The van der Waals surface area contributed by atoms with Crippen LogP contribution in [0.5, 0.6) is 0 Å². The smallest absolute Gasteiger partial charge is 0.328 e. The zero-order valence-electron chi connectivity index (χ0n) is 11.9. The number of unbranched alkanes of at least 4 members (excludes halogenated alkanes) is 1. The molecule has 0 amide bonds. The lowest BCUT2D eigenvalue weighted by Gasteiger charge is -2.17. The molecule has 0 heterocycles. The number of hydrogen-bond acceptors (Lipinski definition) is 4. The number of ether oxygens (including phenoxy) is 2. The molecular formula is C15H23NO3. The third-order valence-corrected chi connectivity index (χ3v) is 2.91. The van der Waals surface area contributed by atoms with Crippen molar-refractivity contribution in [1.82, 2.24) is 0 Å². The molecule has 0 saturated heterocycles. The Morgan fingerprint density at radius 2 is 2.16 bits per heavy atom. The molecule has 0 bridgehead atoms. The Balaban J connectivity index is 2.71. The molecule has 0 saturated carbocycles. The van der Waals surface area contributed by atoms with Crippen LogP contribution in [0.1, 0.15) is 31.7 Å². The van der Waals surface area contributed by atoms with Crippen LogP contribution in [0.4, 0.5) is 5.69 Å². The highest BCUT2D eigenvalue weighted by atomic mass is 16.5. The molecule has 1 aromatic carbocycles. The van der Waals surface area contributed by atoms with E-state index in [4.69, 9.17) is 9.47 Å². The Labute approximate surface area is 115 Å². The Hall–Kier alpha value is -1.55. The summed E-state index contributed by atoms with van der Waals surface area (Å²) >= 11 is 0. The average Bonchev–Trinajstić information content (AvgIpc) is 2.43. The Morgan fingerprint density at radius 1 is 1.37 bits per heavy atom. The van der Waals surface area contributed by atoms with Gasteiger partial charge in [0.1, 0.15) is 6.04 Å². The molecule has 1 aromatic rings. The second kappa shape index (κ2) is 8.53. The van der Waals surface area contributed by atoms with Gasteiger partial charge in [-0.05, 0) is 24.1 Å². The van der Waals surface area contributed by atoms with Gasteiger partial charge in [-0.25, -0.2) is 4.79 Å². The molecule has 1 unspecified atom stereocenters. The Morgan fingerprint density at radius 3 is 2.79 bits per heavy atom. The number of benzene rings is 1. The second-order valence-corrected chi connectivity index (χ2v) is 4.50. The van der Waals surface area contributed by atoms with Gasteiger partial charge in [-0.2, -0.15) is 0 Å². The molecule has 0 radical (unpaired) electrons. The Bertz CT molecular complexity index is 393. The van der Waals surface area contributed by atoms with E-state index in [-0.39, 0.29) is 12.0 Å². The van der Waals surface area contributed by atoms with E-state index in [1.165, 1.54) is 7.11 Å². The molecule has 1 N–H and O–H groups in total. The van der Waals surface area contributed by atoms with Gasteiger partial charge in [0.05, 0.1) is 13.7 Å². The summed E-state index contributed by atoms with van der Waals surface area (Å²) in [4.78, 5) is 11.7. The first-order valence-electron chi connectivity index (χ1n) is 6.63. The molecular weight excluding hydrogens is 242 g/mol. The highest BCUT2D eigenvalue weighted by molar-refractivity contribution is 5.79. The fraction of sp³-hybridized carbons (Fsp3) is 0.533. The highest BCUT2D eigenvalue weighted by Gasteiger charge is 2.18. The summed E-state index contributed by atoms with van der Waals surface area (Å²) in [5.74, 6) is -0.217. The Kier molecular flexibility index (Phi) is 6.97. The fourth-order valence-corrected chi connectivity index (χ4v) is 1.92. The number of methoxy groups -OCH3 is 2. The third kappa shape index (κ3) is 5.30. The summed E-state index contributed by atoms with van der Waals surface area (Å²) in [6.45, 7) is 2.67. The number of hydrogen-bond donors (Lipinski definition) is 1. The van der Waals surface area contributed by atoms with E-state index in [0.717, 1.165) is 30.5 Å². The van der Waals surface area contributed by atoms with Gasteiger partial charge in [0.25, 0.3) is 0 Å². The van der Waals surface area contributed by atoms with Crippen molar-refractivity contribution in [3.05, 3.63) is 29.8 Å². The average molecular weight is 265 g/mol. The molecule has 0 spiro atoms. The van der Waals surface area contributed by atoms with E-state index in [1.54, 1.807) is 7.11 Å². The quantitative estimate of drug-likeness (QED) is 0.734. The van der Waals surface area contributed by atoms with Crippen molar-refractivity contribution in [1.29, 1.82) is 0 Å². The van der Waals surface area contributed by atoms with Gasteiger partial charge in [0.2, 0.25) is 0 Å². The zero-order valence-corrected chi connectivity index (χ0v) is 11.9. The van der Waals surface area contributed by atoms with E-state index in [2.05, 4.69) is 12.2 Å². The molecule has 4 heteroatoms. The lowest BCUT2D eigenvalue weighted by Crippen LogP contribution is -2.30. The number of esters is 1. The minimum absolute atomic E-state index is 0.217. The SMILES string of the molecule is CCCCC(Nc1cccc(COC)c1)C(=O)OC. The van der Waals surface area contributed by atoms with Crippen LogP contribution in [-0.2, 0) is 20.9 Å². The topological polar surface area (TPSA) is 47.6 Å². The monoisotopic (exact) mass is 265 g/mol. The van der Waals surface area contributed by atoms with E-state index in [0.29, 0.717) is 6.61 Å². The summed E-state index contributed by atoms with van der Waals surface area (Å²) < 4.78 is 9.94. The number of carbonyl (C=O) groups excluding carboxylic acids is 1. The van der Waals surface area contributed by atoms with Gasteiger partial charge < -0.3 is 14.8 Å². The number of anilines is 1. The van der Waals surface area contributed by atoms with Gasteiger partial charge >= 0.3 is 5.97 Å². The van der Waals surface area contributed by atoms with Gasteiger partial charge in [-0.15, -0.1) is 0 Å². The number of rotatable bonds is 8. The summed E-state index contributed by atoms with van der Waals surface area (Å²) in [7, 11) is 3.09. The first-order valence-corrected chi connectivity index (χ1v) is 6.63. The summed E-state index contributed by atoms with van der Waals surface area (Å²) in [5.41, 5.74) is 1.99. The first kappa shape index (κ1) is 15.5. The van der Waals surface area contributed by atoms with Crippen molar-refractivity contribution in [3.8, 4) is 0 Å². The van der Waals surface area contributed by atoms with E-state index in [9.17, 15) is 4.79 Å². The minimum atomic E-state index is -0.289. The molecule has 0 aliphatic carbocycles. The normalized spacial score (nSPS) is 11.9. The van der Waals surface area contributed by atoms with E-state index in [1.807, 2.05) is 24.3 Å². The van der Waals surface area contributed by atoms with Crippen LogP contribution in [0.2, 0.25) is 0 Å². The standard InChI is InChI=1S/C15H23NO3/c1-4-5-9-14(15(17)19-3)16-13-8-6-7-12(10-13)11-18-2/h6-8,10,14,16H,4-5,9,11H2,1-3H3. The van der Waals surface area contributed by atoms with Crippen LogP contribution in [0.15, 0.2) is 24.3 Å². The maximum absolute atomic E-state index is 11.7. The molecule has 4 nitrogen and oxygen atoms in total. The fourth-order valence-electron chi connectivity index (χ4n) is 1.92. The molecule has 1 rings (SSSR count). The molecule has 0 aromatic heterocycles. The summed E-state index contributed by atoms with van der Waals surface area (Å²) in [6, 6.07) is 7.59. The number of carbonyl (C=O) groups is 1. The maximum atomic E-state index is 11.7. The molecule has 1 atom stereocenters. The van der Waals surface area contributed by atoms with Crippen molar-refractivity contribution < 1.29 is 14.3 Å². The van der Waals surface area contributed by atoms with Crippen molar-refractivity contribution >= 4 is 11.7 Å². The van der Waals surface area contributed by atoms with Crippen molar-refractivity contribution in [2.45, 2.75) is 38.8 Å². The lowest BCUT2D eigenvalue weighted by atomic mass is 10.1. The summed E-state index contributed by atoms with van der Waals surface area (Å²) in [5, 5.41) is 3.23. The highest BCUT2D eigenvalue weighted by Crippen LogP contribution is 2.15. The third-order valence-electron chi connectivity index (χ3n) is 2.91. The van der Waals surface area contributed by atoms with Gasteiger partial charge in [0.15, 0.2) is 0 Å². The summed E-state index contributed by atoms with van der Waals surface area (Å²) in [6.07, 6.45) is 2.82. The van der Waals surface area contributed by atoms with Crippen LogP contribution in [-0.4, -0.2) is 26.2 Å². The van der Waals surface area contributed by atoms with Crippen molar-refractivity contribution in [2.75, 3.05) is 19.5 Å². The van der Waals surface area contributed by atoms with Gasteiger partial charge in [-0.1, -0.05) is 31.9 Å². The molecule has 0 fully saturated rings. The molecule has 0 aliphatic rings. The zero-order chi connectivity index (χ0) is 14.1. The number of nitrogens with one attached hydrogen (secondary N) is 1. The predicted octanol–water partition coefficient (Wildman–Crippen LogP) is 2.98. The molecule has 0 aliphatic heterocycles. The molecule has 106 valence electrons. The van der Waals surface area contributed by atoms with Crippen LogP contribution < -0.4 is 5.32 Å². The van der Waals surface area contributed by atoms with Crippen LogP contribution in [0.3, 0.4) is 0 Å². The van der Waals surface area contributed by atoms with Crippen molar-refractivity contribution in [2.24, 2.45) is 0 Å². The second-order valence-electron chi connectivity index (χ2n) is 4.50. The maximum Gasteiger partial charge on any atom is 0.328 e. The van der Waals surface area contributed by atoms with Crippen LogP contribution >= 0.6 is 0 Å². The van der Waals surface area contributed by atoms with Crippen LogP contribution in [0, 0.1) is 0 Å². The molecule has 19 heavy (non-hydrogen) atoms. The van der Waals surface area contributed by atoms with E-state index < -0.39 is 0 Å². The lowest BCUT2D eigenvalue weighted by molar-refractivity contribution is -0.141. The van der Waals surface area contributed by atoms with E-state index >= 15 is 0 Å².